The zero-order valence-electron chi connectivity index (χ0n) is 18.1. The van der Waals surface area contributed by atoms with Gasteiger partial charge in [0, 0.05) is 47.1 Å². The summed E-state index contributed by atoms with van der Waals surface area (Å²) in [4.78, 5) is 17.3. The second-order valence-electron chi connectivity index (χ2n) is 9.13. The van der Waals surface area contributed by atoms with Gasteiger partial charge in [0.15, 0.2) is 0 Å². The Labute approximate surface area is 185 Å². The summed E-state index contributed by atoms with van der Waals surface area (Å²) in [5.74, 6) is -2.97. The SMILES string of the molecule is COc1cc(C)c2[nH]ccc2c1CN1CC[C@]2(C[C@H]1c1ccccc1C(=O)O)CC2(F)F. The first-order valence-electron chi connectivity index (χ1n) is 10.8. The number of nitrogens with zero attached hydrogens (tertiary/aromatic N) is 1. The molecule has 2 aromatic carbocycles. The van der Waals surface area contributed by atoms with Crippen molar-refractivity contribution in [1.82, 2.24) is 9.88 Å². The lowest BCUT2D eigenvalue weighted by molar-refractivity contribution is 0.00605. The topological polar surface area (TPSA) is 65.6 Å². The van der Waals surface area contributed by atoms with Crippen molar-refractivity contribution in [1.29, 1.82) is 0 Å². The molecule has 1 spiro atoms. The highest BCUT2D eigenvalue weighted by Crippen LogP contribution is 2.68. The first-order valence-corrected chi connectivity index (χ1v) is 10.8. The van der Waals surface area contributed by atoms with Crippen molar-refractivity contribution in [3.8, 4) is 5.75 Å². The van der Waals surface area contributed by atoms with E-state index in [1.807, 2.05) is 25.3 Å². The van der Waals surface area contributed by atoms with E-state index < -0.39 is 23.3 Å². The number of ether oxygens (including phenoxy) is 1. The minimum absolute atomic E-state index is 0.116. The molecule has 2 fully saturated rings. The number of carboxylic acid groups (broad SMARTS) is 1. The molecular weight excluding hydrogens is 414 g/mol. The molecule has 1 saturated carbocycles. The number of fused-ring (bicyclic) bond motifs is 1. The summed E-state index contributed by atoms with van der Waals surface area (Å²) in [6.45, 7) is 2.96. The van der Waals surface area contributed by atoms with Gasteiger partial charge in [-0.05, 0) is 55.6 Å². The van der Waals surface area contributed by atoms with Gasteiger partial charge >= 0.3 is 5.97 Å². The van der Waals surface area contributed by atoms with Gasteiger partial charge in [0.1, 0.15) is 5.75 Å². The van der Waals surface area contributed by atoms with Crippen LogP contribution in [0, 0.1) is 12.3 Å². The quantitative estimate of drug-likeness (QED) is 0.546. The minimum atomic E-state index is -2.68. The van der Waals surface area contributed by atoms with Gasteiger partial charge in [-0.25, -0.2) is 13.6 Å². The molecular formula is C25H26F2N2O3. The third-order valence-corrected chi connectivity index (χ3v) is 7.36. The van der Waals surface area contributed by atoms with E-state index in [2.05, 4.69) is 9.88 Å². The molecule has 2 aliphatic rings. The van der Waals surface area contributed by atoms with Gasteiger partial charge in [-0.15, -0.1) is 0 Å². The number of hydrogen-bond acceptors (Lipinski definition) is 3. The third-order valence-electron chi connectivity index (χ3n) is 7.36. The number of aromatic amines is 1. The van der Waals surface area contributed by atoms with E-state index in [0.29, 0.717) is 25.1 Å². The molecule has 2 heterocycles. The molecule has 2 atom stereocenters. The van der Waals surface area contributed by atoms with Crippen molar-refractivity contribution in [3.05, 3.63) is 64.8 Å². The molecule has 7 heteroatoms. The Kier molecular flexibility index (Phi) is 4.78. The number of alkyl halides is 2. The number of aryl methyl sites for hydroxylation is 1. The number of likely N-dealkylation sites (tertiary alicyclic amines) is 1. The van der Waals surface area contributed by atoms with Crippen molar-refractivity contribution in [3.63, 3.8) is 0 Å². The second-order valence-corrected chi connectivity index (χ2v) is 9.13. The summed E-state index contributed by atoms with van der Waals surface area (Å²) in [5, 5.41) is 10.8. The smallest absolute Gasteiger partial charge is 0.336 e. The van der Waals surface area contributed by atoms with Crippen LogP contribution in [0.3, 0.4) is 0 Å². The number of hydrogen-bond donors (Lipinski definition) is 2. The van der Waals surface area contributed by atoms with Crippen molar-refractivity contribution in [2.75, 3.05) is 13.7 Å². The van der Waals surface area contributed by atoms with Gasteiger partial charge in [-0.2, -0.15) is 0 Å². The van der Waals surface area contributed by atoms with E-state index in [0.717, 1.165) is 27.8 Å². The molecule has 2 N–H and O–H groups in total. The normalized spacial score (nSPS) is 24.7. The van der Waals surface area contributed by atoms with E-state index in [-0.39, 0.29) is 18.4 Å². The zero-order chi connectivity index (χ0) is 22.7. The van der Waals surface area contributed by atoms with Gasteiger partial charge in [-0.1, -0.05) is 18.2 Å². The van der Waals surface area contributed by atoms with Crippen molar-refractivity contribution >= 4 is 16.9 Å². The first-order chi connectivity index (χ1) is 15.3. The zero-order valence-corrected chi connectivity index (χ0v) is 18.1. The average Bonchev–Trinajstić information content (AvgIpc) is 3.09. The Morgan fingerprint density at radius 3 is 2.75 bits per heavy atom. The van der Waals surface area contributed by atoms with E-state index >= 15 is 0 Å². The number of piperidine rings is 1. The molecule has 0 bridgehead atoms. The average molecular weight is 440 g/mol. The van der Waals surface area contributed by atoms with Crippen LogP contribution in [0.5, 0.6) is 5.75 Å². The maximum atomic E-state index is 14.3. The van der Waals surface area contributed by atoms with E-state index in [4.69, 9.17) is 4.74 Å². The molecule has 168 valence electrons. The summed E-state index contributed by atoms with van der Waals surface area (Å²) in [5.41, 5.74) is 2.80. The summed E-state index contributed by atoms with van der Waals surface area (Å²) >= 11 is 0. The Morgan fingerprint density at radius 1 is 1.31 bits per heavy atom. The van der Waals surface area contributed by atoms with Crippen LogP contribution >= 0.6 is 0 Å². The number of benzene rings is 2. The Balaban J connectivity index is 1.58. The number of carboxylic acids is 1. The summed E-state index contributed by atoms with van der Waals surface area (Å²) in [6.07, 6.45) is 2.41. The van der Waals surface area contributed by atoms with Crippen LogP contribution in [0.1, 0.15) is 52.4 Å². The molecule has 1 aliphatic heterocycles. The predicted molar refractivity (Wildman–Crippen MR) is 117 cm³/mol. The molecule has 3 aromatic rings. The lowest BCUT2D eigenvalue weighted by Gasteiger charge is -2.41. The second kappa shape index (κ2) is 7.30. The number of H-pyrrole nitrogens is 1. The van der Waals surface area contributed by atoms with Gasteiger partial charge in [0.2, 0.25) is 0 Å². The number of rotatable bonds is 5. The molecule has 0 amide bonds. The van der Waals surface area contributed by atoms with Crippen LogP contribution in [-0.2, 0) is 6.54 Å². The molecule has 5 rings (SSSR count). The highest BCUT2D eigenvalue weighted by Gasteiger charge is 2.71. The molecule has 1 aromatic heterocycles. The minimum Gasteiger partial charge on any atom is -0.496 e. The van der Waals surface area contributed by atoms with E-state index in [9.17, 15) is 18.7 Å². The summed E-state index contributed by atoms with van der Waals surface area (Å²) < 4.78 is 34.4. The predicted octanol–water partition coefficient (Wildman–Crippen LogP) is 5.55. The molecule has 1 saturated heterocycles. The number of nitrogens with one attached hydrogen (secondary N) is 1. The molecule has 0 radical (unpaired) electrons. The number of aromatic carboxylic acids is 1. The molecule has 1 aliphatic carbocycles. The molecule has 32 heavy (non-hydrogen) atoms. The molecule has 5 nitrogen and oxygen atoms in total. The number of halogens is 2. The summed E-state index contributed by atoms with van der Waals surface area (Å²) in [6, 6.07) is 10.3. The van der Waals surface area contributed by atoms with Crippen LogP contribution in [0.15, 0.2) is 42.6 Å². The third kappa shape index (κ3) is 3.18. The molecule has 0 unspecified atom stereocenters. The Morgan fingerprint density at radius 2 is 2.06 bits per heavy atom. The first kappa shape index (κ1) is 20.9. The number of methoxy groups -OCH3 is 1. The maximum absolute atomic E-state index is 14.3. The standard InChI is InChI=1S/C25H26F2N2O3/c1-15-11-21(32-2)19(17-7-9-28-22(15)17)13-29-10-8-24(14-25(24,26)27)12-20(29)16-5-3-4-6-18(16)23(30)31/h3-7,9,11,20,28H,8,10,12-14H2,1-2H3,(H,30,31)/t20-,24-/m0/s1. The van der Waals surface area contributed by atoms with E-state index in [1.54, 1.807) is 31.4 Å². The Hall–Kier alpha value is -2.93. The lowest BCUT2D eigenvalue weighted by Crippen LogP contribution is -2.39. The van der Waals surface area contributed by atoms with Crippen LogP contribution in [0.25, 0.3) is 10.9 Å². The van der Waals surface area contributed by atoms with Gasteiger partial charge < -0.3 is 14.8 Å². The van der Waals surface area contributed by atoms with Gasteiger partial charge in [-0.3, -0.25) is 4.90 Å². The number of aromatic nitrogens is 1. The fraction of sp³-hybridized carbons (Fsp3) is 0.400. The van der Waals surface area contributed by atoms with Crippen LogP contribution < -0.4 is 4.74 Å². The van der Waals surface area contributed by atoms with Crippen molar-refractivity contribution < 1.29 is 23.4 Å². The van der Waals surface area contributed by atoms with Gasteiger partial charge in [0.25, 0.3) is 5.92 Å². The highest BCUT2D eigenvalue weighted by atomic mass is 19.3. The summed E-state index contributed by atoms with van der Waals surface area (Å²) in [7, 11) is 1.63. The maximum Gasteiger partial charge on any atom is 0.336 e. The Bertz CT molecular complexity index is 1210. The van der Waals surface area contributed by atoms with Crippen molar-refractivity contribution in [2.45, 2.75) is 44.7 Å². The van der Waals surface area contributed by atoms with Crippen LogP contribution in [-0.4, -0.2) is 40.5 Å². The van der Waals surface area contributed by atoms with Gasteiger partial charge in [0.05, 0.1) is 12.7 Å². The van der Waals surface area contributed by atoms with Crippen LogP contribution in [0.2, 0.25) is 0 Å². The fourth-order valence-corrected chi connectivity index (χ4v) is 5.45. The fourth-order valence-electron chi connectivity index (χ4n) is 5.45. The van der Waals surface area contributed by atoms with Crippen LogP contribution in [0.4, 0.5) is 8.78 Å². The monoisotopic (exact) mass is 440 g/mol. The lowest BCUT2D eigenvalue weighted by atomic mass is 9.82. The van der Waals surface area contributed by atoms with E-state index in [1.165, 1.54) is 0 Å². The van der Waals surface area contributed by atoms with Crippen molar-refractivity contribution in [2.24, 2.45) is 5.41 Å². The highest BCUT2D eigenvalue weighted by molar-refractivity contribution is 5.90. The number of carbonyl (C=O) groups is 1. The largest absolute Gasteiger partial charge is 0.496 e.